The Morgan fingerprint density at radius 2 is 1.86 bits per heavy atom. The number of amides is 1. The van der Waals surface area contributed by atoms with E-state index < -0.39 is 0 Å². The molecule has 1 aliphatic rings. The second-order valence-corrected chi connectivity index (χ2v) is 5.32. The van der Waals surface area contributed by atoms with Crippen LogP contribution in [0.25, 0.3) is 0 Å². The summed E-state index contributed by atoms with van der Waals surface area (Å²) < 4.78 is 5.14. The van der Waals surface area contributed by atoms with Crippen molar-refractivity contribution in [1.29, 1.82) is 0 Å². The average molecular weight is 297 g/mol. The highest BCUT2D eigenvalue weighted by Crippen LogP contribution is 2.21. The smallest absolute Gasteiger partial charge is 0.255 e. The van der Waals surface area contributed by atoms with Crippen molar-refractivity contribution in [2.75, 3.05) is 25.5 Å². The van der Waals surface area contributed by atoms with Gasteiger partial charge in [-0.3, -0.25) is 9.78 Å². The predicted octanol–water partition coefficient (Wildman–Crippen LogP) is 3.07. The molecular weight excluding hydrogens is 278 g/mol. The quantitative estimate of drug-likeness (QED) is 0.942. The van der Waals surface area contributed by atoms with Crippen molar-refractivity contribution >= 4 is 17.3 Å². The molecule has 0 saturated carbocycles. The number of pyridine rings is 1. The molecule has 0 radical (unpaired) electrons. The Balaban J connectivity index is 1.74. The SMILES string of the molecule is COc1ccc(Nc2cncc(C(=O)N3CCCC3)c2)cc1. The molecule has 0 spiro atoms. The van der Waals surface area contributed by atoms with Crippen LogP contribution >= 0.6 is 0 Å². The number of carbonyl (C=O) groups is 1. The summed E-state index contributed by atoms with van der Waals surface area (Å²) in [5.74, 6) is 0.866. The van der Waals surface area contributed by atoms with Gasteiger partial charge in [-0.1, -0.05) is 0 Å². The first kappa shape index (κ1) is 14.4. The van der Waals surface area contributed by atoms with Gasteiger partial charge in [-0.25, -0.2) is 0 Å². The molecule has 1 N–H and O–H groups in total. The van der Waals surface area contributed by atoms with Crippen molar-refractivity contribution < 1.29 is 9.53 Å². The molecule has 22 heavy (non-hydrogen) atoms. The van der Waals surface area contributed by atoms with Crippen molar-refractivity contribution in [2.45, 2.75) is 12.8 Å². The second kappa shape index (κ2) is 6.47. The van der Waals surface area contributed by atoms with Crippen molar-refractivity contribution in [3.8, 4) is 5.75 Å². The number of hydrogen-bond acceptors (Lipinski definition) is 4. The zero-order valence-electron chi connectivity index (χ0n) is 12.6. The first-order valence-electron chi connectivity index (χ1n) is 7.42. The molecule has 0 bridgehead atoms. The van der Waals surface area contributed by atoms with Crippen LogP contribution in [0, 0.1) is 0 Å². The van der Waals surface area contributed by atoms with Crippen LogP contribution in [0.4, 0.5) is 11.4 Å². The highest BCUT2D eigenvalue weighted by molar-refractivity contribution is 5.95. The van der Waals surface area contributed by atoms with Crippen LogP contribution in [0.1, 0.15) is 23.2 Å². The van der Waals surface area contributed by atoms with Gasteiger partial charge in [0.15, 0.2) is 0 Å². The molecule has 5 heteroatoms. The highest BCUT2D eigenvalue weighted by Gasteiger charge is 2.19. The standard InChI is InChI=1S/C17H19N3O2/c1-22-16-6-4-14(5-7-16)19-15-10-13(11-18-12-15)17(21)20-8-2-3-9-20/h4-7,10-12,19H,2-3,8-9H2,1H3. The van der Waals surface area contributed by atoms with E-state index in [1.807, 2.05) is 35.2 Å². The van der Waals surface area contributed by atoms with Crippen LogP contribution in [0.2, 0.25) is 0 Å². The number of nitrogens with zero attached hydrogens (tertiary/aromatic N) is 2. The average Bonchev–Trinajstić information content (AvgIpc) is 3.09. The number of rotatable bonds is 4. The zero-order chi connectivity index (χ0) is 15.4. The van der Waals surface area contributed by atoms with E-state index >= 15 is 0 Å². The third-order valence-corrected chi connectivity index (χ3v) is 3.76. The topological polar surface area (TPSA) is 54.5 Å². The third-order valence-electron chi connectivity index (χ3n) is 3.76. The number of methoxy groups -OCH3 is 1. The maximum Gasteiger partial charge on any atom is 0.255 e. The first-order valence-corrected chi connectivity index (χ1v) is 7.42. The van der Waals surface area contributed by atoms with Gasteiger partial charge in [-0.2, -0.15) is 0 Å². The summed E-state index contributed by atoms with van der Waals surface area (Å²) in [4.78, 5) is 18.4. The van der Waals surface area contributed by atoms with Crippen LogP contribution in [-0.2, 0) is 0 Å². The van der Waals surface area contributed by atoms with Crippen molar-refractivity contribution in [3.63, 3.8) is 0 Å². The zero-order valence-corrected chi connectivity index (χ0v) is 12.6. The van der Waals surface area contributed by atoms with E-state index in [9.17, 15) is 4.79 Å². The Morgan fingerprint density at radius 3 is 2.55 bits per heavy atom. The minimum atomic E-state index is 0.0587. The van der Waals surface area contributed by atoms with Crippen LogP contribution in [0.15, 0.2) is 42.7 Å². The van der Waals surface area contributed by atoms with E-state index in [2.05, 4.69) is 10.3 Å². The Bertz CT molecular complexity index is 649. The Labute approximate surface area is 129 Å². The van der Waals surface area contributed by atoms with Gasteiger partial charge in [0.2, 0.25) is 0 Å². The lowest BCUT2D eigenvalue weighted by atomic mass is 10.2. The molecule has 5 nitrogen and oxygen atoms in total. The number of hydrogen-bond donors (Lipinski definition) is 1. The summed E-state index contributed by atoms with van der Waals surface area (Å²) in [6.45, 7) is 1.68. The Hall–Kier alpha value is -2.56. The second-order valence-electron chi connectivity index (χ2n) is 5.32. The molecule has 0 aliphatic carbocycles. The first-order chi connectivity index (χ1) is 10.8. The number of benzene rings is 1. The van der Waals surface area contributed by atoms with Crippen LogP contribution in [-0.4, -0.2) is 36.0 Å². The van der Waals surface area contributed by atoms with Crippen molar-refractivity contribution in [2.24, 2.45) is 0 Å². The van der Waals surface area contributed by atoms with E-state index in [1.165, 1.54) is 0 Å². The van der Waals surface area contributed by atoms with Gasteiger partial charge in [0.25, 0.3) is 5.91 Å². The van der Waals surface area contributed by atoms with Gasteiger partial charge in [0.1, 0.15) is 5.75 Å². The fourth-order valence-electron chi connectivity index (χ4n) is 2.57. The molecule has 0 unspecified atom stereocenters. The minimum absolute atomic E-state index is 0.0587. The van der Waals surface area contributed by atoms with Gasteiger partial charge in [-0.15, -0.1) is 0 Å². The molecule has 0 atom stereocenters. The Morgan fingerprint density at radius 1 is 1.14 bits per heavy atom. The summed E-state index contributed by atoms with van der Waals surface area (Å²) >= 11 is 0. The van der Waals surface area contributed by atoms with Crippen molar-refractivity contribution in [3.05, 3.63) is 48.3 Å². The number of anilines is 2. The van der Waals surface area contributed by atoms with E-state index in [1.54, 1.807) is 19.5 Å². The fraction of sp³-hybridized carbons (Fsp3) is 0.294. The number of nitrogens with one attached hydrogen (secondary N) is 1. The van der Waals surface area contributed by atoms with Crippen LogP contribution in [0.3, 0.4) is 0 Å². The number of ether oxygens (including phenoxy) is 1. The lowest BCUT2D eigenvalue weighted by Crippen LogP contribution is -2.27. The van der Waals surface area contributed by atoms with Crippen molar-refractivity contribution in [1.82, 2.24) is 9.88 Å². The molecule has 1 aliphatic heterocycles. The number of likely N-dealkylation sites (tertiary alicyclic amines) is 1. The van der Waals surface area contributed by atoms with Crippen LogP contribution < -0.4 is 10.1 Å². The van der Waals surface area contributed by atoms with E-state index in [4.69, 9.17) is 4.74 Å². The monoisotopic (exact) mass is 297 g/mol. The molecule has 3 rings (SSSR count). The lowest BCUT2D eigenvalue weighted by Gasteiger charge is -2.15. The molecular formula is C17H19N3O2. The minimum Gasteiger partial charge on any atom is -0.497 e. The van der Waals surface area contributed by atoms with Gasteiger partial charge >= 0.3 is 0 Å². The summed E-state index contributed by atoms with van der Waals surface area (Å²) in [7, 11) is 1.64. The third kappa shape index (κ3) is 3.19. The predicted molar refractivity (Wildman–Crippen MR) is 85.7 cm³/mol. The maximum atomic E-state index is 12.4. The molecule has 1 aromatic heterocycles. The number of aromatic nitrogens is 1. The maximum absolute atomic E-state index is 12.4. The molecule has 114 valence electrons. The molecule has 2 aromatic rings. The van der Waals surface area contributed by atoms with Gasteiger partial charge in [-0.05, 0) is 43.2 Å². The summed E-state index contributed by atoms with van der Waals surface area (Å²) in [6, 6.07) is 9.46. The largest absolute Gasteiger partial charge is 0.497 e. The number of carbonyl (C=O) groups excluding carboxylic acids is 1. The molecule has 1 aromatic carbocycles. The van der Waals surface area contributed by atoms with Crippen LogP contribution in [0.5, 0.6) is 5.75 Å². The lowest BCUT2D eigenvalue weighted by molar-refractivity contribution is 0.0792. The molecule has 1 saturated heterocycles. The fourth-order valence-corrected chi connectivity index (χ4v) is 2.57. The molecule has 1 amide bonds. The van der Waals surface area contributed by atoms with E-state index in [0.717, 1.165) is 43.1 Å². The summed E-state index contributed by atoms with van der Waals surface area (Å²) in [5, 5.41) is 3.25. The van der Waals surface area contributed by atoms with E-state index in [-0.39, 0.29) is 5.91 Å². The van der Waals surface area contributed by atoms with Gasteiger partial charge in [0, 0.05) is 25.0 Å². The summed E-state index contributed by atoms with van der Waals surface area (Å²) in [6.07, 6.45) is 5.51. The van der Waals surface area contributed by atoms with Gasteiger partial charge < -0.3 is 15.0 Å². The molecule has 2 heterocycles. The normalized spacial score (nSPS) is 14.0. The van der Waals surface area contributed by atoms with E-state index in [0.29, 0.717) is 5.56 Å². The highest BCUT2D eigenvalue weighted by atomic mass is 16.5. The summed E-state index contributed by atoms with van der Waals surface area (Å²) in [5.41, 5.74) is 2.35. The molecule has 1 fully saturated rings. The Kier molecular flexibility index (Phi) is 4.23. The van der Waals surface area contributed by atoms with Gasteiger partial charge in [0.05, 0.1) is 24.6 Å².